The van der Waals surface area contributed by atoms with E-state index in [1.165, 1.54) is 4.31 Å². The molecule has 0 atom stereocenters. The summed E-state index contributed by atoms with van der Waals surface area (Å²) in [5.74, 6) is -2.53. The van der Waals surface area contributed by atoms with Crippen LogP contribution >= 0.6 is 0 Å². The van der Waals surface area contributed by atoms with Crippen molar-refractivity contribution in [2.45, 2.75) is 24.7 Å². The maximum Gasteiger partial charge on any atom is 0.341 e. The minimum Gasteiger partial charge on any atom is -0.452 e. The molecule has 0 bridgehead atoms. The molecule has 0 unspecified atom stereocenters. The molecule has 2 rings (SSSR count). The number of nitrogens with one attached hydrogen (secondary N) is 1. The van der Waals surface area contributed by atoms with Crippen molar-refractivity contribution in [2.24, 2.45) is 0 Å². The number of nitrogens with zero attached hydrogens (tertiary/aromatic N) is 1. The van der Waals surface area contributed by atoms with Gasteiger partial charge in [-0.15, -0.1) is 0 Å². The molecular weight excluding hydrogens is 379 g/mol. The van der Waals surface area contributed by atoms with Crippen molar-refractivity contribution >= 4 is 21.9 Å². The molecule has 150 valence electrons. The number of carbonyl (C=O) groups is 2. The second kappa shape index (κ2) is 9.77. The Morgan fingerprint density at radius 1 is 1.30 bits per heavy atom. The molecule has 1 N–H and O–H groups in total. The van der Waals surface area contributed by atoms with Crippen molar-refractivity contribution in [2.75, 3.05) is 39.5 Å². The Bertz CT molecular complexity index is 778. The van der Waals surface area contributed by atoms with Gasteiger partial charge >= 0.3 is 5.97 Å². The van der Waals surface area contributed by atoms with Gasteiger partial charge < -0.3 is 14.8 Å². The van der Waals surface area contributed by atoms with Crippen LogP contribution in [-0.2, 0) is 24.3 Å². The van der Waals surface area contributed by atoms with Crippen LogP contribution in [0.2, 0.25) is 0 Å². The van der Waals surface area contributed by atoms with Crippen LogP contribution in [0.25, 0.3) is 0 Å². The highest BCUT2D eigenvalue weighted by Gasteiger charge is 2.28. The van der Waals surface area contributed by atoms with Crippen LogP contribution in [0, 0.1) is 5.82 Å². The van der Waals surface area contributed by atoms with Gasteiger partial charge in [-0.3, -0.25) is 4.79 Å². The van der Waals surface area contributed by atoms with Crippen molar-refractivity contribution in [3.63, 3.8) is 0 Å². The van der Waals surface area contributed by atoms with E-state index in [2.05, 4.69) is 5.32 Å². The molecule has 10 heteroatoms. The number of ether oxygens (including phenoxy) is 2. The molecule has 1 amide bonds. The summed E-state index contributed by atoms with van der Waals surface area (Å²) in [4.78, 5) is 23.4. The van der Waals surface area contributed by atoms with E-state index < -0.39 is 39.9 Å². The summed E-state index contributed by atoms with van der Waals surface area (Å²) >= 11 is 0. The zero-order valence-electron chi connectivity index (χ0n) is 15.1. The summed E-state index contributed by atoms with van der Waals surface area (Å²) in [6.07, 6.45) is 1.69. The quantitative estimate of drug-likeness (QED) is 0.513. The van der Waals surface area contributed by atoms with E-state index in [-0.39, 0.29) is 31.2 Å². The largest absolute Gasteiger partial charge is 0.452 e. The Morgan fingerprint density at radius 2 is 2.00 bits per heavy atom. The summed E-state index contributed by atoms with van der Waals surface area (Å²) in [5, 5.41) is 2.56. The zero-order valence-corrected chi connectivity index (χ0v) is 15.9. The van der Waals surface area contributed by atoms with Gasteiger partial charge in [-0.05, 0) is 24.6 Å². The van der Waals surface area contributed by atoms with E-state index in [9.17, 15) is 22.4 Å². The van der Waals surface area contributed by atoms with Gasteiger partial charge in [-0.1, -0.05) is 13.3 Å². The number of amides is 1. The van der Waals surface area contributed by atoms with Crippen LogP contribution < -0.4 is 5.32 Å². The van der Waals surface area contributed by atoms with Crippen molar-refractivity contribution in [3.8, 4) is 0 Å². The van der Waals surface area contributed by atoms with Crippen LogP contribution in [-0.4, -0.2) is 64.1 Å². The first-order valence-electron chi connectivity index (χ1n) is 8.67. The molecule has 27 heavy (non-hydrogen) atoms. The van der Waals surface area contributed by atoms with Gasteiger partial charge in [0.1, 0.15) is 5.82 Å². The van der Waals surface area contributed by atoms with Gasteiger partial charge in [0.2, 0.25) is 10.0 Å². The van der Waals surface area contributed by atoms with Crippen LogP contribution in [0.3, 0.4) is 0 Å². The Balaban J connectivity index is 2.07. The maximum absolute atomic E-state index is 14.0. The van der Waals surface area contributed by atoms with Crippen molar-refractivity contribution < 1.29 is 31.9 Å². The molecule has 1 fully saturated rings. The number of morpholine rings is 1. The molecule has 1 heterocycles. The number of sulfonamides is 1. The van der Waals surface area contributed by atoms with E-state index >= 15 is 0 Å². The highest BCUT2D eigenvalue weighted by atomic mass is 32.2. The standard InChI is InChI=1S/C17H23FN2O6S/c1-2-3-6-19-16(21)12-26-17(22)14-11-13(4-5-15(14)18)27(23,24)20-7-9-25-10-8-20/h4-5,11H,2-3,6-10,12H2,1H3,(H,19,21). The first-order valence-corrected chi connectivity index (χ1v) is 10.1. The number of benzene rings is 1. The first-order chi connectivity index (χ1) is 12.9. The van der Waals surface area contributed by atoms with Crippen LogP contribution in [0.15, 0.2) is 23.1 Å². The number of unbranched alkanes of at least 4 members (excludes halogenated alkanes) is 1. The molecule has 0 aliphatic carbocycles. The van der Waals surface area contributed by atoms with Gasteiger partial charge in [0.15, 0.2) is 6.61 Å². The molecule has 8 nitrogen and oxygen atoms in total. The lowest BCUT2D eigenvalue weighted by molar-refractivity contribution is -0.124. The summed E-state index contributed by atoms with van der Waals surface area (Å²) in [7, 11) is -3.88. The van der Waals surface area contributed by atoms with E-state index in [0.29, 0.717) is 6.54 Å². The minimum atomic E-state index is -3.88. The van der Waals surface area contributed by atoms with Gasteiger partial charge in [0.25, 0.3) is 5.91 Å². The third-order valence-corrected chi connectivity index (χ3v) is 5.85. The molecule has 1 aromatic rings. The highest BCUT2D eigenvalue weighted by Crippen LogP contribution is 2.20. The Morgan fingerprint density at radius 3 is 2.67 bits per heavy atom. The summed E-state index contributed by atoms with van der Waals surface area (Å²) in [6, 6.07) is 2.91. The fourth-order valence-corrected chi connectivity index (χ4v) is 3.86. The van der Waals surface area contributed by atoms with E-state index in [1.54, 1.807) is 0 Å². The Hall–Kier alpha value is -2.04. The van der Waals surface area contributed by atoms with Crippen molar-refractivity contribution in [3.05, 3.63) is 29.6 Å². The number of hydrogen-bond donors (Lipinski definition) is 1. The predicted molar refractivity (Wildman–Crippen MR) is 94.2 cm³/mol. The van der Waals surface area contributed by atoms with Gasteiger partial charge in [-0.2, -0.15) is 4.31 Å². The van der Waals surface area contributed by atoms with E-state index in [1.807, 2.05) is 6.92 Å². The van der Waals surface area contributed by atoms with Gasteiger partial charge in [-0.25, -0.2) is 17.6 Å². The third kappa shape index (κ3) is 5.72. The fraction of sp³-hybridized carbons (Fsp3) is 0.529. The molecular formula is C17H23FN2O6S. The lowest BCUT2D eigenvalue weighted by Crippen LogP contribution is -2.40. The lowest BCUT2D eigenvalue weighted by Gasteiger charge is -2.26. The molecule has 1 aromatic carbocycles. The van der Waals surface area contributed by atoms with Crippen molar-refractivity contribution in [1.82, 2.24) is 9.62 Å². The van der Waals surface area contributed by atoms with Crippen LogP contribution in [0.5, 0.6) is 0 Å². The van der Waals surface area contributed by atoms with Crippen LogP contribution in [0.4, 0.5) is 4.39 Å². The second-order valence-corrected chi connectivity index (χ2v) is 7.88. The van der Waals surface area contributed by atoms with E-state index in [4.69, 9.17) is 9.47 Å². The fourth-order valence-electron chi connectivity index (χ4n) is 2.42. The van der Waals surface area contributed by atoms with Crippen molar-refractivity contribution in [1.29, 1.82) is 0 Å². The number of rotatable bonds is 8. The zero-order chi connectivity index (χ0) is 19.9. The predicted octanol–water partition coefficient (Wildman–Crippen LogP) is 0.920. The molecule has 1 saturated heterocycles. The third-order valence-electron chi connectivity index (χ3n) is 3.95. The minimum absolute atomic E-state index is 0.178. The normalized spacial score (nSPS) is 15.3. The molecule has 0 saturated carbocycles. The van der Waals surface area contributed by atoms with E-state index in [0.717, 1.165) is 31.0 Å². The SMILES string of the molecule is CCCCNC(=O)COC(=O)c1cc(S(=O)(=O)N2CCOCC2)ccc1F. The number of carbonyl (C=O) groups excluding carboxylic acids is 2. The number of esters is 1. The van der Waals surface area contributed by atoms with Gasteiger partial charge in [0, 0.05) is 19.6 Å². The Labute approximate surface area is 157 Å². The Kier molecular flexibility index (Phi) is 7.69. The smallest absolute Gasteiger partial charge is 0.341 e. The lowest BCUT2D eigenvalue weighted by atomic mass is 10.2. The average molecular weight is 402 g/mol. The second-order valence-electron chi connectivity index (χ2n) is 5.94. The summed E-state index contributed by atoms with van der Waals surface area (Å²) < 4.78 is 50.4. The number of hydrogen-bond acceptors (Lipinski definition) is 6. The first kappa shape index (κ1) is 21.3. The summed E-state index contributed by atoms with van der Waals surface area (Å²) in [6.45, 7) is 2.74. The molecule has 0 spiro atoms. The maximum atomic E-state index is 14.0. The van der Waals surface area contributed by atoms with Crippen LogP contribution in [0.1, 0.15) is 30.1 Å². The molecule has 0 aromatic heterocycles. The molecule has 0 radical (unpaired) electrons. The van der Waals surface area contributed by atoms with Gasteiger partial charge in [0.05, 0.1) is 23.7 Å². The highest BCUT2D eigenvalue weighted by molar-refractivity contribution is 7.89. The molecule has 1 aliphatic rings. The average Bonchev–Trinajstić information content (AvgIpc) is 2.67. The monoisotopic (exact) mass is 402 g/mol. The number of halogens is 1. The summed E-state index contributed by atoms with van der Waals surface area (Å²) in [5.41, 5.74) is -0.536. The molecule has 1 aliphatic heterocycles. The topological polar surface area (TPSA) is 102 Å².